The fourth-order valence-corrected chi connectivity index (χ4v) is 5.76. The number of pyridine rings is 1. The minimum absolute atomic E-state index is 0.0613. The van der Waals surface area contributed by atoms with Gasteiger partial charge in [0.1, 0.15) is 17.6 Å². The molecule has 6 rings (SSSR count). The molecule has 44 heavy (non-hydrogen) atoms. The topological polar surface area (TPSA) is 77.6 Å². The molecule has 0 radical (unpaired) electrons. The number of amides is 1. The molecule has 1 unspecified atom stereocenters. The molecule has 8 nitrogen and oxygen atoms in total. The number of aromatic nitrogens is 5. The first-order chi connectivity index (χ1) is 20.8. The van der Waals surface area contributed by atoms with Gasteiger partial charge in [0.15, 0.2) is 11.3 Å². The van der Waals surface area contributed by atoms with Crippen LogP contribution < -0.4 is 9.64 Å². The Morgan fingerprint density at radius 1 is 1.02 bits per heavy atom. The highest BCUT2D eigenvalue weighted by Crippen LogP contribution is 2.46. The Balaban J connectivity index is 1.60. The number of alkyl halides is 5. The predicted molar refractivity (Wildman–Crippen MR) is 152 cm³/mol. The second-order valence-electron chi connectivity index (χ2n) is 10.6. The van der Waals surface area contributed by atoms with E-state index in [-0.39, 0.29) is 34.5 Å². The first-order valence-electron chi connectivity index (χ1n) is 13.4. The lowest BCUT2D eigenvalue weighted by molar-refractivity contribution is -0.137. The van der Waals surface area contributed by atoms with Crippen molar-refractivity contribution in [3.05, 3.63) is 93.7 Å². The van der Waals surface area contributed by atoms with Crippen molar-refractivity contribution in [3.63, 3.8) is 0 Å². The van der Waals surface area contributed by atoms with Crippen LogP contribution in [0.15, 0.2) is 54.7 Å². The quantitative estimate of drug-likeness (QED) is 0.179. The second kappa shape index (κ2) is 10.6. The number of aryl methyl sites for hydroxylation is 1. The van der Waals surface area contributed by atoms with Gasteiger partial charge in [0.2, 0.25) is 5.82 Å². The molecule has 0 bridgehead atoms. The van der Waals surface area contributed by atoms with Crippen molar-refractivity contribution >= 4 is 28.8 Å². The molecule has 1 aliphatic rings. The van der Waals surface area contributed by atoms with Gasteiger partial charge in [-0.05, 0) is 68.3 Å². The number of hydrogen-bond acceptors (Lipinski definition) is 5. The third kappa shape index (κ3) is 4.66. The highest BCUT2D eigenvalue weighted by molar-refractivity contribution is 6.30. The van der Waals surface area contributed by atoms with Gasteiger partial charge in [-0.2, -0.15) is 13.2 Å². The zero-order chi connectivity index (χ0) is 31.7. The van der Waals surface area contributed by atoms with Crippen molar-refractivity contribution in [1.82, 2.24) is 24.1 Å². The summed E-state index contributed by atoms with van der Waals surface area (Å²) in [5.41, 5.74) is 1.58. The molecule has 1 aliphatic heterocycles. The largest absolute Gasteiger partial charge is 0.496 e. The molecule has 3 aromatic heterocycles. The third-order valence-electron chi connectivity index (χ3n) is 7.53. The first kappa shape index (κ1) is 29.5. The van der Waals surface area contributed by atoms with Crippen LogP contribution in [0.1, 0.15) is 71.1 Å². The number of anilines is 1. The first-order valence-corrected chi connectivity index (χ1v) is 13.8. The van der Waals surface area contributed by atoms with E-state index in [0.29, 0.717) is 27.5 Å². The van der Waals surface area contributed by atoms with Crippen LogP contribution in [0.25, 0.3) is 17.0 Å². The van der Waals surface area contributed by atoms with Gasteiger partial charge in [-0.15, -0.1) is 10.2 Å². The standard InChI is InChI=1S/C30H24ClF5N6O2/c1-14(2)41-24-22(37-27(41)20-10-7-17(30(34,35)36)12-21(20)44-4)29(43)42(23(24)16-5-8-18(31)9-6-16)19-11-15(3)26-38-39-28(25(32)33)40(26)13-19/h5-14,23,25H,1-4H3. The molecule has 1 amide bonds. The van der Waals surface area contributed by atoms with E-state index in [4.69, 9.17) is 16.3 Å². The second-order valence-corrected chi connectivity index (χ2v) is 11.0. The van der Waals surface area contributed by atoms with Crippen molar-refractivity contribution in [2.45, 2.75) is 45.5 Å². The number of carbonyl (C=O) groups excluding carboxylic acids is 1. The van der Waals surface area contributed by atoms with Crippen molar-refractivity contribution in [2.24, 2.45) is 0 Å². The van der Waals surface area contributed by atoms with Gasteiger partial charge in [0.25, 0.3) is 12.3 Å². The molecule has 0 aliphatic carbocycles. The van der Waals surface area contributed by atoms with Crippen molar-refractivity contribution in [1.29, 1.82) is 0 Å². The fourth-order valence-electron chi connectivity index (χ4n) is 5.64. The zero-order valence-corrected chi connectivity index (χ0v) is 24.5. The number of nitrogens with zero attached hydrogens (tertiary/aromatic N) is 6. The van der Waals surface area contributed by atoms with Gasteiger partial charge < -0.3 is 9.30 Å². The van der Waals surface area contributed by atoms with Crippen molar-refractivity contribution < 1.29 is 31.5 Å². The number of carbonyl (C=O) groups is 1. The Kier molecular flexibility index (Phi) is 7.10. The number of ether oxygens (including phenoxy) is 1. The number of benzene rings is 2. The summed E-state index contributed by atoms with van der Waals surface area (Å²) < 4.78 is 76.3. The summed E-state index contributed by atoms with van der Waals surface area (Å²) in [5, 5.41) is 7.96. The maximum atomic E-state index is 14.3. The lowest BCUT2D eigenvalue weighted by Crippen LogP contribution is -2.30. The molecule has 1 atom stereocenters. The van der Waals surface area contributed by atoms with E-state index < -0.39 is 35.9 Å². The number of imidazole rings is 1. The molecule has 5 aromatic rings. The maximum absolute atomic E-state index is 14.3. The Bertz CT molecular complexity index is 1920. The fraction of sp³-hybridized carbons (Fsp3) is 0.267. The highest BCUT2D eigenvalue weighted by atomic mass is 35.5. The molecule has 4 heterocycles. The molecule has 14 heteroatoms. The summed E-state index contributed by atoms with van der Waals surface area (Å²) >= 11 is 6.19. The van der Waals surface area contributed by atoms with Crippen molar-refractivity contribution in [3.8, 4) is 17.1 Å². The van der Waals surface area contributed by atoms with Gasteiger partial charge in [0, 0.05) is 17.3 Å². The number of fused-ring (bicyclic) bond motifs is 2. The van der Waals surface area contributed by atoms with Gasteiger partial charge >= 0.3 is 6.18 Å². The Labute approximate surface area is 252 Å². The average Bonchev–Trinajstić information content (AvgIpc) is 3.64. The molecular weight excluding hydrogens is 607 g/mol. The van der Waals surface area contributed by atoms with Gasteiger partial charge in [0.05, 0.1) is 29.6 Å². The third-order valence-corrected chi connectivity index (χ3v) is 7.78. The summed E-state index contributed by atoms with van der Waals surface area (Å²) in [5.74, 6) is -0.922. The molecule has 0 fully saturated rings. The number of rotatable bonds is 6. The van der Waals surface area contributed by atoms with Crippen LogP contribution in [0, 0.1) is 6.92 Å². The number of hydrogen-bond donors (Lipinski definition) is 0. The summed E-state index contributed by atoms with van der Waals surface area (Å²) in [4.78, 5) is 20.4. The van der Waals surface area contributed by atoms with Crippen LogP contribution in [-0.4, -0.2) is 37.2 Å². The monoisotopic (exact) mass is 630 g/mol. The van der Waals surface area contributed by atoms with E-state index in [1.54, 1.807) is 41.8 Å². The van der Waals surface area contributed by atoms with E-state index >= 15 is 0 Å². The molecule has 0 saturated carbocycles. The Morgan fingerprint density at radius 3 is 2.34 bits per heavy atom. The van der Waals surface area contributed by atoms with Crippen LogP contribution in [0.4, 0.5) is 27.6 Å². The van der Waals surface area contributed by atoms with E-state index in [9.17, 15) is 26.7 Å². The van der Waals surface area contributed by atoms with Gasteiger partial charge in [-0.3, -0.25) is 14.1 Å². The van der Waals surface area contributed by atoms with E-state index in [0.717, 1.165) is 16.5 Å². The lowest BCUT2D eigenvalue weighted by Gasteiger charge is -2.29. The Hall–Kier alpha value is -4.52. The SMILES string of the molecule is COc1cc(C(F)(F)F)ccc1-c1nc2c(n1C(C)C)C(c1ccc(Cl)cc1)N(c1cc(C)c3nnc(C(F)F)n3c1)C2=O. The molecule has 0 spiro atoms. The smallest absolute Gasteiger partial charge is 0.416 e. The summed E-state index contributed by atoms with van der Waals surface area (Å²) in [6.07, 6.45) is -6.12. The normalized spacial score (nSPS) is 15.2. The summed E-state index contributed by atoms with van der Waals surface area (Å²) in [6, 6.07) is 10.4. The van der Waals surface area contributed by atoms with Crippen LogP contribution in [0.2, 0.25) is 5.02 Å². The van der Waals surface area contributed by atoms with Crippen LogP contribution >= 0.6 is 11.6 Å². The Morgan fingerprint density at radius 2 is 1.73 bits per heavy atom. The molecular formula is C30H24ClF5N6O2. The highest BCUT2D eigenvalue weighted by Gasteiger charge is 2.45. The molecule has 0 saturated heterocycles. The van der Waals surface area contributed by atoms with Crippen LogP contribution in [-0.2, 0) is 6.18 Å². The number of methoxy groups -OCH3 is 1. The van der Waals surface area contributed by atoms with E-state index in [2.05, 4.69) is 15.2 Å². The van der Waals surface area contributed by atoms with Gasteiger partial charge in [-0.25, -0.2) is 13.8 Å². The predicted octanol–water partition coefficient (Wildman–Crippen LogP) is 7.85. The minimum Gasteiger partial charge on any atom is -0.496 e. The lowest BCUT2D eigenvalue weighted by atomic mass is 10.0. The number of halogens is 6. The molecule has 2 aromatic carbocycles. The van der Waals surface area contributed by atoms with Crippen LogP contribution in [0.3, 0.4) is 0 Å². The van der Waals surface area contributed by atoms with Crippen molar-refractivity contribution in [2.75, 3.05) is 12.0 Å². The maximum Gasteiger partial charge on any atom is 0.416 e. The summed E-state index contributed by atoms with van der Waals surface area (Å²) in [6.45, 7) is 5.39. The summed E-state index contributed by atoms with van der Waals surface area (Å²) in [7, 11) is 1.26. The average molecular weight is 631 g/mol. The van der Waals surface area contributed by atoms with E-state index in [1.165, 1.54) is 24.3 Å². The zero-order valence-electron chi connectivity index (χ0n) is 23.7. The van der Waals surface area contributed by atoms with E-state index in [1.807, 2.05) is 13.8 Å². The molecule has 0 N–H and O–H groups in total. The minimum atomic E-state index is -4.59. The van der Waals surface area contributed by atoms with Gasteiger partial charge in [-0.1, -0.05) is 23.7 Å². The molecule has 228 valence electrons. The van der Waals surface area contributed by atoms with Crippen LogP contribution in [0.5, 0.6) is 5.75 Å².